The van der Waals surface area contributed by atoms with Gasteiger partial charge in [0.1, 0.15) is 5.75 Å². The van der Waals surface area contributed by atoms with Crippen molar-refractivity contribution in [1.29, 1.82) is 0 Å². The first-order chi connectivity index (χ1) is 13.8. The second-order valence-corrected chi connectivity index (χ2v) is 8.56. The van der Waals surface area contributed by atoms with Gasteiger partial charge < -0.3 is 19.1 Å². The Morgan fingerprint density at radius 2 is 1.93 bits per heavy atom. The molecule has 1 aromatic heterocycles. The average Bonchev–Trinajstić information content (AvgIpc) is 2.97. The smallest absolute Gasteiger partial charge is 0.493 e. The molecule has 5 nitrogen and oxygen atoms in total. The van der Waals surface area contributed by atoms with E-state index in [-0.39, 0.29) is 29.6 Å². The third-order valence-corrected chi connectivity index (χ3v) is 5.29. The Kier molecular flexibility index (Phi) is 6.68. The third kappa shape index (κ3) is 4.30. The zero-order valence-corrected chi connectivity index (χ0v) is 20.4. The van der Waals surface area contributed by atoms with Gasteiger partial charge in [0, 0.05) is 23.5 Å². The van der Waals surface area contributed by atoms with Gasteiger partial charge in [-0.05, 0) is 62.9 Å². The number of aryl methyl sites for hydroxylation is 2. The molecule has 6 heteroatoms. The zero-order valence-electron chi connectivity index (χ0n) is 18.4. The van der Waals surface area contributed by atoms with E-state index < -0.39 is 17.7 Å². The van der Waals surface area contributed by atoms with Crippen LogP contribution >= 0.6 is 0 Å². The van der Waals surface area contributed by atoms with E-state index >= 15 is 0 Å². The number of aromatic nitrogens is 1. The Labute approximate surface area is 199 Å². The van der Waals surface area contributed by atoms with Crippen molar-refractivity contribution in [3.05, 3.63) is 53.7 Å². The van der Waals surface area contributed by atoms with Crippen molar-refractivity contribution in [3.8, 4) is 16.9 Å². The molecular formula is C24H27NNaO4+. The Bertz CT molecular complexity index is 1080. The molecule has 1 aliphatic heterocycles. The number of rotatable bonds is 4. The maximum Gasteiger partial charge on any atom is 1.00 e. The molecule has 3 aromatic rings. The van der Waals surface area contributed by atoms with Crippen LogP contribution in [0.1, 0.15) is 44.6 Å². The molecule has 0 fully saturated rings. The summed E-state index contributed by atoms with van der Waals surface area (Å²) in [5.74, 6) is -0.0733. The second kappa shape index (κ2) is 8.75. The van der Waals surface area contributed by atoms with Crippen molar-refractivity contribution in [3.63, 3.8) is 0 Å². The van der Waals surface area contributed by atoms with Crippen LogP contribution in [0.25, 0.3) is 22.0 Å². The molecule has 0 bridgehead atoms. The van der Waals surface area contributed by atoms with Crippen molar-refractivity contribution < 1.29 is 48.9 Å². The van der Waals surface area contributed by atoms with Crippen LogP contribution in [0.15, 0.2) is 42.5 Å². The van der Waals surface area contributed by atoms with Gasteiger partial charge in [-0.2, -0.15) is 0 Å². The molecule has 0 radical (unpaired) electrons. The minimum Gasteiger partial charge on any atom is -0.493 e. The molecule has 0 saturated heterocycles. The van der Waals surface area contributed by atoms with E-state index in [2.05, 4.69) is 6.07 Å². The number of carboxylic acid groups (broad SMARTS) is 1. The molecule has 0 spiro atoms. The minimum absolute atomic E-state index is 0. The molecule has 2 heterocycles. The zero-order chi connectivity index (χ0) is 20.8. The number of hydrogen-bond acceptors (Lipinski definition) is 3. The van der Waals surface area contributed by atoms with Gasteiger partial charge in [-0.3, -0.25) is 0 Å². The molecule has 1 N–H and O–H groups in total. The van der Waals surface area contributed by atoms with Gasteiger partial charge in [0.2, 0.25) is 0 Å². The summed E-state index contributed by atoms with van der Waals surface area (Å²) in [6.45, 7) is 6.37. The van der Waals surface area contributed by atoms with Crippen molar-refractivity contribution in [2.45, 2.75) is 45.3 Å². The van der Waals surface area contributed by atoms with E-state index in [0.717, 1.165) is 52.8 Å². The Hall–Kier alpha value is -1.79. The number of carbonyl (C=O) groups is 1. The summed E-state index contributed by atoms with van der Waals surface area (Å²) >= 11 is 0. The summed E-state index contributed by atoms with van der Waals surface area (Å²) in [7, 11) is 1.91. The summed E-state index contributed by atoms with van der Waals surface area (Å²) in [6.07, 6.45) is 0.878. The SMILES string of the molecule is Cn1c(C(OC(C)(C)C)C(=O)O)c(-c2ccc3c(c2)CCCO3)c2ccccc21.[Na+]. The average molecular weight is 416 g/mol. The summed E-state index contributed by atoms with van der Waals surface area (Å²) in [5.41, 5.74) is 4.11. The predicted octanol–water partition coefficient (Wildman–Crippen LogP) is 2.12. The van der Waals surface area contributed by atoms with Crippen LogP contribution in [0.5, 0.6) is 5.75 Å². The van der Waals surface area contributed by atoms with Crippen molar-refractivity contribution in [2.75, 3.05) is 6.61 Å². The Balaban J connectivity index is 0.00000256. The van der Waals surface area contributed by atoms with Crippen LogP contribution in [-0.2, 0) is 23.0 Å². The third-order valence-electron chi connectivity index (χ3n) is 5.29. The number of benzene rings is 2. The van der Waals surface area contributed by atoms with Gasteiger partial charge in [0.05, 0.1) is 17.9 Å². The largest absolute Gasteiger partial charge is 1.00 e. The minimum atomic E-state index is -1.07. The second-order valence-electron chi connectivity index (χ2n) is 8.56. The fraction of sp³-hybridized carbons (Fsp3) is 0.375. The first-order valence-corrected chi connectivity index (χ1v) is 10.0. The van der Waals surface area contributed by atoms with E-state index in [1.54, 1.807) is 0 Å². The fourth-order valence-corrected chi connectivity index (χ4v) is 4.12. The molecule has 0 saturated carbocycles. The topological polar surface area (TPSA) is 60.7 Å². The van der Waals surface area contributed by atoms with Crippen LogP contribution in [0.2, 0.25) is 0 Å². The first kappa shape index (κ1) is 22.9. The molecule has 1 atom stereocenters. The molecular weight excluding hydrogens is 389 g/mol. The normalized spacial score (nSPS) is 14.5. The Morgan fingerprint density at radius 3 is 2.63 bits per heavy atom. The number of nitrogens with zero attached hydrogens (tertiary/aromatic N) is 1. The summed E-state index contributed by atoms with van der Waals surface area (Å²) in [5, 5.41) is 11.1. The van der Waals surface area contributed by atoms with Crippen molar-refractivity contribution in [1.82, 2.24) is 4.57 Å². The van der Waals surface area contributed by atoms with Crippen LogP contribution in [0, 0.1) is 0 Å². The van der Waals surface area contributed by atoms with Gasteiger partial charge >= 0.3 is 35.5 Å². The molecule has 152 valence electrons. The molecule has 30 heavy (non-hydrogen) atoms. The standard InChI is InChI=1S/C24H27NO4.Na/c1-24(2,3)29-22(23(26)27)21-20(17-9-5-6-10-18(17)25(21)4)16-11-12-19-15(14-16)8-7-13-28-19;/h5-6,9-12,14,22H,7-8,13H2,1-4H3,(H,26,27);/q;+1. The number of hydrogen-bond donors (Lipinski definition) is 1. The molecule has 0 aliphatic carbocycles. The van der Waals surface area contributed by atoms with Gasteiger partial charge in [-0.1, -0.05) is 24.3 Å². The van der Waals surface area contributed by atoms with E-state index in [0.29, 0.717) is 5.69 Å². The molecule has 1 aliphatic rings. The number of fused-ring (bicyclic) bond motifs is 2. The number of aliphatic carboxylic acids is 1. The molecule has 1 unspecified atom stereocenters. The molecule has 4 rings (SSSR count). The first-order valence-electron chi connectivity index (χ1n) is 10.0. The van der Waals surface area contributed by atoms with Gasteiger partial charge in [-0.15, -0.1) is 0 Å². The molecule has 2 aromatic carbocycles. The number of carboxylic acids is 1. The van der Waals surface area contributed by atoms with Crippen LogP contribution in [0.3, 0.4) is 0 Å². The van der Waals surface area contributed by atoms with Gasteiger partial charge in [-0.25, -0.2) is 4.79 Å². The monoisotopic (exact) mass is 416 g/mol. The summed E-state index contributed by atoms with van der Waals surface area (Å²) in [6, 6.07) is 14.2. The number of para-hydroxylation sites is 1. The quantitative estimate of drug-likeness (QED) is 0.662. The van der Waals surface area contributed by atoms with Crippen LogP contribution in [0.4, 0.5) is 0 Å². The van der Waals surface area contributed by atoms with Crippen LogP contribution in [-0.4, -0.2) is 27.9 Å². The van der Waals surface area contributed by atoms with Crippen molar-refractivity contribution >= 4 is 16.9 Å². The Morgan fingerprint density at radius 1 is 1.20 bits per heavy atom. The number of ether oxygens (including phenoxy) is 2. The maximum atomic E-state index is 12.3. The predicted molar refractivity (Wildman–Crippen MR) is 113 cm³/mol. The summed E-state index contributed by atoms with van der Waals surface area (Å²) < 4.78 is 13.7. The van der Waals surface area contributed by atoms with Gasteiger partial charge in [0.25, 0.3) is 0 Å². The van der Waals surface area contributed by atoms with E-state index in [4.69, 9.17) is 9.47 Å². The fourth-order valence-electron chi connectivity index (χ4n) is 4.12. The maximum absolute atomic E-state index is 12.3. The van der Waals surface area contributed by atoms with E-state index in [9.17, 15) is 9.90 Å². The van der Waals surface area contributed by atoms with Gasteiger partial charge in [0.15, 0.2) is 6.10 Å². The summed E-state index contributed by atoms with van der Waals surface area (Å²) in [4.78, 5) is 12.3. The molecule has 0 amide bonds. The van der Waals surface area contributed by atoms with E-state index in [1.807, 2.05) is 68.8 Å². The van der Waals surface area contributed by atoms with E-state index in [1.165, 1.54) is 0 Å². The van der Waals surface area contributed by atoms with Crippen molar-refractivity contribution in [2.24, 2.45) is 7.05 Å². The van der Waals surface area contributed by atoms with Crippen LogP contribution < -0.4 is 34.3 Å².